The van der Waals surface area contributed by atoms with Crippen molar-refractivity contribution in [2.75, 3.05) is 24.9 Å². The second-order valence-corrected chi connectivity index (χ2v) is 6.76. The minimum absolute atomic E-state index is 0.0974. The molecule has 1 amide bonds. The molecule has 0 aliphatic carbocycles. The zero-order valence-electron chi connectivity index (χ0n) is 15.0. The molecule has 0 atom stereocenters. The highest BCUT2D eigenvalue weighted by atomic mass is 32.2. The predicted molar refractivity (Wildman–Crippen MR) is 102 cm³/mol. The molecule has 10 heteroatoms. The summed E-state index contributed by atoms with van der Waals surface area (Å²) < 4.78 is 41.8. The molecule has 2 rings (SSSR count). The first-order valence-electron chi connectivity index (χ1n) is 7.76. The Labute approximate surface area is 161 Å². The summed E-state index contributed by atoms with van der Waals surface area (Å²) in [5.41, 5.74) is 0.290. The zero-order chi connectivity index (χ0) is 20.7. The lowest BCUT2D eigenvalue weighted by Gasteiger charge is -2.10. The van der Waals surface area contributed by atoms with E-state index in [2.05, 4.69) is 10.6 Å². The molecule has 3 N–H and O–H groups in total. The zero-order valence-corrected chi connectivity index (χ0v) is 15.8. The van der Waals surface area contributed by atoms with E-state index < -0.39 is 16.0 Å². The molecule has 0 aliphatic rings. The van der Waals surface area contributed by atoms with Crippen molar-refractivity contribution in [3.63, 3.8) is 0 Å². The maximum atomic E-state index is 12.3. The van der Waals surface area contributed by atoms with Crippen molar-refractivity contribution in [3.8, 4) is 17.6 Å². The van der Waals surface area contributed by atoms with E-state index in [1.807, 2.05) is 0 Å². The molecule has 9 nitrogen and oxygen atoms in total. The van der Waals surface area contributed by atoms with Crippen LogP contribution in [0.2, 0.25) is 0 Å². The van der Waals surface area contributed by atoms with Crippen molar-refractivity contribution in [1.29, 1.82) is 5.26 Å². The Hall–Kier alpha value is -3.55. The Morgan fingerprint density at radius 1 is 1.18 bits per heavy atom. The summed E-state index contributed by atoms with van der Waals surface area (Å²) in [6, 6.07) is 11.7. The fourth-order valence-electron chi connectivity index (χ4n) is 2.16. The summed E-state index contributed by atoms with van der Waals surface area (Å²) in [5, 5.41) is 14.5. The highest BCUT2D eigenvalue weighted by Gasteiger charge is 2.13. The van der Waals surface area contributed by atoms with Crippen LogP contribution < -0.4 is 20.1 Å². The van der Waals surface area contributed by atoms with Gasteiger partial charge >= 0.3 is 0 Å². The van der Waals surface area contributed by atoms with E-state index in [0.717, 1.165) is 6.07 Å². The van der Waals surface area contributed by atoms with E-state index in [9.17, 15) is 18.5 Å². The number of nitrogens with one attached hydrogen (secondary N) is 2. The smallest absolute Gasteiger partial charge is 0.294 e. The lowest BCUT2D eigenvalue weighted by molar-refractivity contribution is -0.112. The van der Waals surface area contributed by atoms with Gasteiger partial charge < -0.3 is 20.1 Å². The Balaban J connectivity index is 2.22. The minimum atomic E-state index is -4.42. The van der Waals surface area contributed by atoms with Gasteiger partial charge in [0, 0.05) is 18.0 Å². The van der Waals surface area contributed by atoms with Crippen molar-refractivity contribution >= 4 is 27.4 Å². The van der Waals surface area contributed by atoms with Gasteiger partial charge in [-0.15, -0.1) is 0 Å². The molecular weight excluding hydrogens is 386 g/mol. The van der Waals surface area contributed by atoms with Crippen LogP contribution in [0.5, 0.6) is 11.5 Å². The lowest BCUT2D eigenvalue weighted by Crippen LogP contribution is -2.15. The van der Waals surface area contributed by atoms with Crippen LogP contribution in [0.3, 0.4) is 0 Å². The summed E-state index contributed by atoms with van der Waals surface area (Å²) in [6.07, 6.45) is 1.18. The Kier molecular flexibility index (Phi) is 6.59. The number of benzene rings is 2. The third kappa shape index (κ3) is 5.23. The third-order valence-electron chi connectivity index (χ3n) is 3.53. The highest BCUT2D eigenvalue weighted by molar-refractivity contribution is 7.85. The summed E-state index contributed by atoms with van der Waals surface area (Å²) >= 11 is 0. The van der Waals surface area contributed by atoms with Gasteiger partial charge in [-0.25, -0.2) is 0 Å². The highest BCUT2D eigenvalue weighted by Crippen LogP contribution is 2.29. The second kappa shape index (κ2) is 8.90. The first-order chi connectivity index (χ1) is 13.3. The summed E-state index contributed by atoms with van der Waals surface area (Å²) in [7, 11) is -1.45. The molecule has 0 bridgehead atoms. The number of amides is 1. The number of anilines is 2. The quantitative estimate of drug-likeness (QED) is 0.364. The van der Waals surface area contributed by atoms with E-state index in [-0.39, 0.29) is 16.2 Å². The molecule has 2 aromatic carbocycles. The van der Waals surface area contributed by atoms with Crippen molar-refractivity contribution in [2.45, 2.75) is 4.90 Å². The molecule has 0 saturated heterocycles. The summed E-state index contributed by atoms with van der Waals surface area (Å²) in [4.78, 5) is 11.9. The first-order valence-corrected chi connectivity index (χ1v) is 9.20. The second-order valence-electron chi connectivity index (χ2n) is 5.34. The van der Waals surface area contributed by atoms with Crippen LogP contribution in [0.1, 0.15) is 0 Å². The topological polar surface area (TPSA) is 138 Å². The number of carbonyl (C=O) groups excluding carboxylic acids is 1. The third-order valence-corrected chi connectivity index (χ3v) is 4.38. The fraction of sp³-hybridized carbons (Fsp3) is 0.111. The number of hydrogen-bond acceptors (Lipinski definition) is 7. The summed E-state index contributed by atoms with van der Waals surface area (Å²) in [5.74, 6) is 0.238. The number of carbonyl (C=O) groups is 1. The van der Waals surface area contributed by atoms with Gasteiger partial charge in [-0.1, -0.05) is 6.07 Å². The maximum Gasteiger partial charge on any atom is 0.294 e. The van der Waals surface area contributed by atoms with E-state index in [0.29, 0.717) is 17.2 Å². The van der Waals surface area contributed by atoms with Gasteiger partial charge in [-0.2, -0.15) is 13.7 Å². The van der Waals surface area contributed by atoms with Crippen LogP contribution in [-0.4, -0.2) is 33.1 Å². The minimum Gasteiger partial charge on any atom is -0.497 e. The van der Waals surface area contributed by atoms with Gasteiger partial charge in [0.15, 0.2) is 0 Å². The molecule has 0 aliphatic heterocycles. The van der Waals surface area contributed by atoms with Gasteiger partial charge in [-0.05, 0) is 30.3 Å². The van der Waals surface area contributed by atoms with Crippen molar-refractivity contribution in [1.82, 2.24) is 0 Å². The van der Waals surface area contributed by atoms with Crippen LogP contribution in [0.25, 0.3) is 0 Å². The largest absolute Gasteiger partial charge is 0.497 e. The maximum absolute atomic E-state index is 12.3. The van der Waals surface area contributed by atoms with Gasteiger partial charge in [-0.3, -0.25) is 9.35 Å². The Morgan fingerprint density at radius 3 is 2.54 bits per heavy atom. The molecule has 2 aromatic rings. The van der Waals surface area contributed by atoms with Crippen molar-refractivity contribution < 1.29 is 27.2 Å². The number of hydrogen-bond donors (Lipinski definition) is 3. The molecule has 28 heavy (non-hydrogen) atoms. The van der Waals surface area contributed by atoms with Gasteiger partial charge in [0.25, 0.3) is 16.0 Å². The van der Waals surface area contributed by atoms with E-state index in [4.69, 9.17) is 14.0 Å². The summed E-state index contributed by atoms with van der Waals surface area (Å²) in [6.45, 7) is 0. The van der Waals surface area contributed by atoms with Gasteiger partial charge in [0.2, 0.25) is 0 Å². The first kappa shape index (κ1) is 20.8. The molecule has 0 fully saturated rings. The number of rotatable bonds is 7. The molecule has 0 heterocycles. The standard InChI is InChI=1S/C18H17N3O6S/c1-26-14-6-7-17(27-2)16(9-14)20-11-12(10-19)18(22)21-13-4-3-5-15(8-13)28(23,24)25/h3-9,11,20H,1-2H3,(H,21,22)(H,23,24,25)/b12-11-. The average Bonchev–Trinajstić information content (AvgIpc) is 2.67. The fourth-order valence-corrected chi connectivity index (χ4v) is 2.68. The molecule has 0 spiro atoms. The number of nitriles is 1. The predicted octanol–water partition coefficient (Wildman–Crippen LogP) is 2.41. The number of nitrogens with zero attached hydrogens (tertiary/aromatic N) is 1. The van der Waals surface area contributed by atoms with Crippen LogP contribution >= 0.6 is 0 Å². The van der Waals surface area contributed by atoms with E-state index in [1.165, 1.54) is 38.6 Å². The average molecular weight is 403 g/mol. The van der Waals surface area contributed by atoms with E-state index >= 15 is 0 Å². The van der Waals surface area contributed by atoms with Gasteiger partial charge in [0.1, 0.15) is 23.1 Å². The molecule has 0 aromatic heterocycles. The van der Waals surface area contributed by atoms with E-state index in [1.54, 1.807) is 24.3 Å². The SMILES string of the molecule is COc1ccc(OC)c(N/C=C(/C#N)C(=O)Nc2cccc(S(=O)(=O)O)c2)c1. The lowest BCUT2D eigenvalue weighted by atomic mass is 10.2. The normalized spacial score (nSPS) is 11.3. The van der Waals surface area contributed by atoms with Crippen LogP contribution in [0.4, 0.5) is 11.4 Å². The molecule has 0 saturated carbocycles. The number of methoxy groups -OCH3 is 2. The Bertz CT molecular complexity index is 1060. The molecule has 0 unspecified atom stereocenters. The molecule has 0 radical (unpaired) electrons. The monoisotopic (exact) mass is 403 g/mol. The van der Waals surface area contributed by atoms with Crippen LogP contribution in [0.15, 0.2) is 59.1 Å². The van der Waals surface area contributed by atoms with Crippen LogP contribution in [0, 0.1) is 11.3 Å². The number of ether oxygens (including phenoxy) is 2. The van der Waals surface area contributed by atoms with Gasteiger partial charge in [0.05, 0.1) is 24.8 Å². The molecular formula is C18H17N3O6S. The Morgan fingerprint density at radius 2 is 1.93 bits per heavy atom. The van der Waals surface area contributed by atoms with Crippen LogP contribution in [-0.2, 0) is 14.9 Å². The van der Waals surface area contributed by atoms with Crippen molar-refractivity contribution in [2.24, 2.45) is 0 Å². The molecule has 146 valence electrons. The van der Waals surface area contributed by atoms with Crippen molar-refractivity contribution in [3.05, 3.63) is 54.2 Å².